The number of rotatable bonds is 4. The molecule has 2 nitrogen and oxygen atoms in total. The molecule has 0 spiro atoms. The zero-order valence-electron chi connectivity index (χ0n) is 10.9. The first-order chi connectivity index (χ1) is 9.51. The summed E-state index contributed by atoms with van der Waals surface area (Å²) in [5.41, 5.74) is 8.11. The van der Waals surface area contributed by atoms with Gasteiger partial charge in [-0.2, -0.15) is 0 Å². The normalized spacial score (nSPS) is 10.7. The van der Waals surface area contributed by atoms with Gasteiger partial charge in [-0.3, -0.25) is 0 Å². The SMILES string of the molecule is Cc1cc(Br)cc(CN)c1OCc1ccc(Br)cc1F. The molecule has 0 aliphatic rings. The van der Waals surface area contributed by atoms with Crippen LogP contribution in [0.1, 0.15) is 16.7 Å². The zero-order valence-corrected chi connectivity index (χ0v) is 14.1. The average molecular weight is 403 g/mol. The highest BCUT2D eigenvalue weighted by Crippen LogP contribution is 2.29. The van der Waals surface area contributed by atoms with Crippen LogP contribution in [0.4, 0.5) is 4.39 Å². The summed E-state index contributed by atoms with van der Waals surface area (Å²) in [6, 6.07) is 8.79. The van der Waals surface area contributed by atoms with Crippen molar-refractivity contribution in [3.8, 4) is 5.75 Å². The molecule has 20 heavy (non-hydrogen) atoms. The molecule has 0 saturated carbocycles. The molecule has 0 unspecified atom stereocenters. The van der Waals surface area contributed by atoms with Crippen LogP contribution in [0.2, 0.25) is 0 Å². The minimum absolute atomic E-state index is 0.175. The van der Waals surface area contributed by atoms with Crippen LogP contribution in [0.25, 0.3) is 0 Å². The fourth-order valence-electron chi connectivity index (χ4n) is 1.95. The molecule has 2 N–H and O–H groups in total. The van der Waals surface area contributed by atoms with Gasteiger partial charge < -0.3 is 10.5 Å². The van der Waals surface area contributed by atoms with E-state index in [0.29, 0.717) is 16.6 Å². The van der Waals surface area contributed by atoms with E-state index in [-0.39, 0.29) is 12.4 Å². The Balaban J connectivity index is 2.22. The topological polar surface area (TPSA) is 35.2 Å². The number of hydrogen-bond donors (Lipinski definition) is 1. The predicted molar refractivity (Wildman–Crippen MR) is 85.2 cm³/mol. The van der Waals surface area contributed by atoms with Gasteiger partial charge in [-0.25, -0.2) is 4.39 Å². The van der Waals surface area contributed by atoms with Gasteiger partial charge in [0.15, 0.2) is 0 Å². The average Bonchev–Trinajstić information content (AvgIpc) is 2.38. The van der Waals surface area contributed by atoms with Crippen LogP contribution in [0.5, 0.6) is 5.75 Å². The molecule has 0 radical (unpaired) electrons. The zero-order chi connectivity index (χ0) is 14.7. The third-order valence-corrected chi connectivity index (χ3v) is 3.87. The van der Waals surface area contributed by atoms with E-state index in [1.807, 2.05) is 19.1 Å². The Hall–Kier alpha value is -0.910. The maximum Gasteiger partial charge on any atom is 0.130 e. The van der Waals surface area contributed by atoms with E-state index in [4.69, 9.17) is 10.5 Å². The molecule has 0 atom stereocenters. The molecule has 0 aromatic heterocycles. The largest absolute Gasteiger partial charge is 0.488 e. The second-order valence-corrected chi connectivity index (χ2v) is 6.27. The first-order valence-corrected chi connectivity index (χ1v) is 7.65. The fraction of sp³-hybridized carbons (Fsp3) is 0.200. The van der Waals surface area contributed by atoms with Crippen molar-refractivity contribution < 1.29 is 9.13 Å². The highest BCUT2D eigenvalue weighted by atomic mass is 79.9. The van der Waals surface area contributed by atoms with Crippen molar-refractivity contribution in [2.45, 2.75) is 20.1 Å². The van der Waals surface area contributed by atoms with Gasteiger partial charge in [0.1, 0.15) is 18.2 Å². The van der Waals surface area contributed by atoms with Gasteiger partial charge in [-0.15, -0.1) is 0 Å². The molecular weight excluding hydrogens is 389 g/mol. The summed E-state index contributed by atoms with van der Waals surface area (Å²) in [7, 11) is 0. The maximum absolute atomic E-state index is 13.8. The molecule has 2 aromatic rings. The van der Waals surface area contributed by atoms with Gasteiger partial charge in [0.05, 0.1) is 0 Å². The Morgan fingerprint density at radius 3 is 2.50 bits per heavy atom. The van der Waals surface area contributed by atoms with Crippen LogP contribution in [0, 0.1) is 12.7 Å². The summed E-state index contributed by atoms with van der Waals surface area (Å²) in [5, 5.41) is 0. The summed E-state index contributed by atoms with van der Waals surface area (Å²) in [4.78, 5) is 0. The Bertz CT molecular complexity index is 632. The quantitative estimate of drug-likeness (QED) is 0.804. The van der Waals surface area contributed by atoms with Crippen molar-refractivity contribution in [3.63, 3.8) is 0 Å². The molecule has 0 aliphatic heterocycles. The molecule has 0 aliphatic carbocycles. The second kappa shape index (κ2) is 6.70. The molecule has 5 heteroatoms. The van der Waals surface area contributed by atoms with Crippen LogP contribution in [0.15, 0.2) is 39.3 Å². The molecular formula is C15H14Br2FNO. The lowest BCUT2D eigenvalue weighted by Crippen LogP contribution is -2.05. The third-order valence-electron chi connectivity index (χ3n) is 2.92. The van der Waals surface area contributed by atoms with Gasteiger partial charge >= 0.3 is 0 Å². The Kier molecular flexibility index (Phi) is 5.18. The van der Waals surface area contributed by atoms with Crippen molar-refractivity contribution >= 4 is 31.9 Å². The molecule has 0 saturated heterocycles. The Morgan fingerprint density at radius 2 is 1.85 bits per heavy atom. The van der Waals surface area contributed by atoms with Crippen molar-refractivity contribution in [2.24, 2.45) is 5.73 Å². The van der Waals surface area contributed by atoms with E-state index in [1.165, 1.54) is 6.07 Å². The molecule has 0 heterocycles. The molecule has 106 valence electrons. The summed E-state index contributed by atoms with van der Waals surface area (Å²) in [5.74, 6) is 0.432. The second-order valence-electron chi connectivity index (χ2n) is 4.44. The van der Waals surface area contributed by atoms with Gasteiger partial charge in [0, 0.05) is 26.6 Å². The minimum atomic E-state index is -0.288. The number of halogens is 3. The van der Waals surface area contributed by atoms with E-state index in [9.17, 15) is 4.39 Å². The van der Waals surface area contributed by atoms with Gasteiger partial charge in [-0.05, 0) is 36.8 Å². The monoisotopic (exact) mass is 401 g/mol. The number of ether oxygens (including phenoxy) is 1. The number of hydrogen-bond acceptors (Lipinski definition) is 2. The Morgan fingerprint density at radius 1 is 1.10 bits per heavy atom. The molecule has 2 aromatic carbocycles. The summed E-state index contributed by atoms with van der Waals surface area (Å²) >= 11 is 6.66. The van der Waals surface area contributed by atoms with E-state index in [0.717, 1.165) is 21.3 Å². The van der Waals surface area contributed by atoms with E-state index in [2.05, 4.69) is 31.9 Å². The van der Waals surface area contributed by atoms with Crippen LogP contribution in [0.3, 0.4) is 0 Å². The summed E-state index contributed by atoms with van der Waals surface area (Å²) in [6.45, 7) is 2.49. The summed E-state index contributed by atoms with van der Waals surface area (Å²) < 4.78 is 21.2. The highest BCUT2D eigenvalue weighted by Gasteiger charge is 2.10. The van der Waals surface area contributed by atoms with Crippen molar-refractivity contribution in [1.82, 2.24) is 0 Å². The van der Waals surface area contributed by atoms with Gasteiger partial charge in [-0.1, -0.05) is 37.9 Å². The van der Waals surface area contributed by atoms with E-state index < -0.39 is 0 Å². The fourth-order valence-corrected chi connectivity index (χ4v) is 2.90. The van der Waals surface area contributed by atoms with Gasteiger partial charge in [0.25, 0.3) is 0 Å². The first-order valence-electron chi connectivity index (χ1n) is 6.07. The Labute approximate surface area is 134 Å². The third kappa shape index (κ3) is 3.59. The molecule has 2 rings (SSSR count). The molecule has 0 fully saturated rings. The van der Waals surface area contributed by atoms with Crippen molar-refractivity contribution in [2.75, 3.05) is 0 Å². The highest BCUT2D eigenvalue weighted by molar-refractivity contribution is 9.10. The van der Waals surface area contributed by atoms with Crippen LogP contribution in [-0.4, -0.2) is 0 Å². The van der Waals surface area contributed by atoms with E-state index >= 15 is 0 Å². The number of aryl methyl sites for hydroxylation is 1. The lowest BCUT2D eigenvalue weighted by Gasteiger charge is -2.14. The van der Waals surface area contributed by atoms with Crippen LogP contribution in [-0.2, 0) is 13.2 Å². The maximum atomic E-state index is 13.8. The van der Waals surface area contributed by atoms with Crippen LogP contribution >= 0.6 is 31.9 Å². The number of benzene rings is 2. The lowest BCUT2D eigenvalue weighted by atomic mass is 10.1. The van der Waals surface area contributed by atoms with Crippen molar-refractivity contribution in [3.05, 3.63) is 61.8 Å². The smallest absolute Gasteiger partial charge is 0.130 e. The lowest BCUT2D eigenvalue weighted by molar-refractivity contribution is 0.294. The standard InChI is InChI=1S/C15H14Br2FNO/c1-9-4-13(17)5-11(7-19)15(9)20-8-10-2-3-12(16)6-14(10)18/h2-6H,7-8,19H2,1H3. The predicted octanol–water partition coefficient (Wildman–Crippen LogP) is 4.70. The van der Waals surface area contributed by atoms with Crippen molar-refractivity contribution in [1.29, 1.82) is 0 Å². The van der Waals surface area contributed by atoms with E-state index in [1.54, 1.807) is 12.1 Å². The minimum Gasteiger partial charge on any atom is -0.488 e. The number of nitrogens with two attached hydrogens (primary N) is 1. The molecule has 0 amide bonds. The van der Waals surface area contributed by atoms with Crippen LogP contribution < -0.4 is 10.5 Å². The van der Waals surface area contributed by atoms with Gasteiger partial charge in [0.2, 0.25) is 0 Å². The molecule has 0 bridgehead atoms. The first kappa shape index (κ1) is 15.5. The summed E-state index contributed by atoms with van der Waals surface area (Å²) in [6.07, 6.45) is 0.